The van der Waals surface area contributed by atoms with E-state index >= 15 is 0 Å². The highest BCUT2D eigenvalue weighted by Crippen LogP contribution is 2.47. The lowest BCUT2D eigenvalue weighted by Crippen LogP contribution is -2.46. The molecule has 3 atom stereocenters. The van der Waals surface area contributed by atoms with Crippen LogP contribution >= 0.6 is 7.92 Å². The van der Waals surface area contributed by atoms with Gasteiger partial charge in [0.05, 0.1) is 0 Å². The lowest BCUT2D eigenvalue weighted by atomic mass is 10.0. The van der Waals surface area contributed by atoms with Crippen molar-refractivity contribution in [3.8, 4) is 0 Å². The first kappa shape index (κ1) is 15.8. The van der Waals surface area contributed by atoms with Crippen molar-refractivity contribution in [1.82, 2.24) is 4.90 Å². The highest BCUT2D eigenvalue weighted by atomic mass is 31.1. The van der Waals surface area contributed by atoms with E-state index in [1.165, 1.54) is 29.9 Å². The Hall–Kier alpha value is -1.66. The van der Waals surface area contributed by atoms with Crippen molar-refractivity contribution < 1.29 is 4.79 Å². The molecule has 1 aliphatic heterocycles. The number of hydrogen-bond acceptors (Lipinski definition) is 1. The third-order valence-corrected chi connectivity index (χ3v) is 8.19. The first-order valence-electron chi connectivity index (χ1n) is 8.90. The van der Waals surface area contributed by atoms with Crippen LogP contribution in [-0.2, 0) is 4.79 Å². The minimum atomic E-state index is -0.419. The first-order valence-corrected chi connectivity index (χ1v) is 10.4. The van der Waals surface area contributed by atoms with Gasteiger partial charge in [-0.25, -0.2) is 0 Å². The zero-order chi connectivity index (χ0) is 16.5. The third-order valence-electron chi connectivity index (χ3n) is 5.61. The van der Waals surface area contributed by atoms with Crippen molar-refractivity contribution in [2.24, 2.45) is 5.92 Å². The summed E-state index contributed by atoms with van der Waals surface area (Å²) >= 11 is 0. The average Bonchev–Trinajstić information content (AvgIpc) is 3.22. The summed E-state index contributed by atoms with van der Waals surface area (Å²) in [5.41, 5.74) is 0. The van der Waals surface area contributed by atoms with Gasteiger partial charge in [0, 0.05) is 19.0 Å². The molecule has 2 bridgehead atoms. The van der Waals surface area contributed by atoms with E-state index in [4.69, 9.17) is 0 Å². The molecule has 0 radical (unpaired) electrons. The van der Waals surface area contributed by atoms with Gasteiger partial charge in [0.25, 0.3) is 0 Å². The number of rotatable bonds is 4. The standard InChI is InChI=1S/C21H24NOP/c1-16(23)22-18-13-12-17(14-18)21(22)15-24(19-8-4-2-5-9-19)20-10-6-3-7-11-20/h2-11,17-18,21H,12-15H2,1H3/t17-,18+,21+/m1/s1. The van der Waals surface area contributed by atoms with Crippen molar-refractivity contribution in [2.75, 3.05) is 6.16 Å². The summed E-state index contributed by atoms with van der Waals surface area (Å²) in [6.45, 7) is 1.75. The number of likely N-dealkylation sites (tertiary alicyclic amines) is 1. The molecule has 2 aliphatic rings. The van der Waals surface area contributed by atoms with Gasteiger partial charge in [0.1, 0.15) is 0 Å². The summed E-state index contributed by atoms with van der Waals surface area (Å²) in [7, 11) is -0.419. The molecule has 2 aromatic carbocycles. The Morgan fingerprint density at radius 3 is 2.12 bits per heavy atom. The van der Waals surface area contributed by atoms with Gasteiger partial charge in [-0.3, -0.25) is 4.79 Å². The monoisotopic (exact) mass is 337 g/mol. The summed E-state index contributed by atoms with van der Waals surface area (Å²) in [6.07, 6.45) is 4.82. The number of fused-ring (bicyclic) bond motifs is 2. The highest BCUT2D eigenvalue weighted by Gasteiger charge is 2.47. The normalized spacial score (nSPS) is 25.4. The van der Waals surface area contributed by atoms with Gasteiger partial charge in [-0.05, 0) is 49.9 Å². The van der Waals surface area contributed by atoms with Crippen LogP contribution < -0.4 is 10.6 Å². The number of benzene rings is 2. The van der Waals surface area contributed by atoms with E-state index in [-0.39, 0.29) is 5.91 Å². The van der Waals surface area contributed by atoms with Crippen LogP contribution in [0.25, 0.3) is 0 Å². The van der Waals surface area contributed by atoms with Gasteiger partial charge in [-0.1, -0.05) is 60.7 Å². The quantitative estimate of drug-likeness (QED) is 0.782. The van der Waals surface area contributed by atoms with E-state index in [2.05, 4.69) is 65.6 Å². The lowest BCUT2D eigenvalue weighted by molar-refractivity contribution is -0.132. The maximum absolute atomic E-state index is 12.2. The Morgan fingerprint density at radius 2 is 1.58 bits per heavy atom. The zero-order valence-corrected chi connectivity index (χ0v) is 15.0. The number of amides is 1. The van der Waals surface area contributed by atoms with Crippen LogP contribution in [0, 0.1) is 5.92 Å². The maximum Gasteiger partial charge on any atom is 0.219 e. The predicted octanol–water partition coefficient (Wildman–Crippen LogP) is 3.52. The van der Waals surface area contributed by atoms with Crippen LogP contribution in [0.2, 0.25) is 0 Å². The van der Waals surface area contributed by atoms with E-state index in [9.17, 15) is 4.79 Å². The zero-order valence-electron chi connectivity index (χ0n) is 14.1. The highest BCUT2D eigenvalue weighted by molar-refractivity contribution is 7.73. The molecular weight excluding hydrogens is 313 g/mol. The van der Waals surface area contributed by atoms with Crippen LogP contribution in [0.5, 0.6) is 0 Å². The van der Waals surface area contributed by atoms with Gasteiger partial charge in [0.15, 0.2) is 0 Å². The molecule has 2 aromatic rings. The van der Waals surface area contributed by atoms with Crippen LogP contribution in [-0.4, -0.2) is 29.1 Å². The van der Waals surface area contributed by atoms with E-state index in [1.807, 2.05) is 0 Å². The van der Waals surface area contributed by atoms with Crippen molar-refractivity contribution in [2.45, 2.75) is 38.3 Å². The molecule has 0 spiro atoms. The third kappa shape index (κ3) is 2.89. The predicted molar refractivity (Wildman–Crippen MR) is 101 cm³/mol. The topological polar surface area (TPSA) is 20.3 Å². The summed E-state index contributed by atoms with van der Waals surface area (Å²) in [4.78, 5) is 14.5. The van der Waals surface area contributed by atoms with E-state index in [1.54, 1.807) is 6.92 Å². The van der Waals surface area contributed by atoms with Crippen LogP contribution in [0.1, 0.15) is 26.2 Å². The molecule has 1 amide bonds. The van der Waals surface area contributed by atoms with E-state index in [0.29, 0.717) is 18.0 Å². The molecule has 24 heavy (non-hydrogen) atoms. The average molecular weight is 337 g/mol. The Balaban J connectivity index is 1.66. The maximum atomic E-state index is 12.2. The van der Waals surface area contributed by atoms with Crippen LogP contribution in [0.15, 0.2) is 60.7 Å². The van der Waals surface area contributed by atoms with Crippen LogP contribution in [0.4, 0.5) is 0 Å². The Kier molecular flexibility index (Phi) is 4.41. The fraction of sp³-hybridized carbons (Fsp3) is 0.381. The Bertz CT molecular complexity index is 663. The second kappa shape index (κ2) is 6.69. The van der Waals surface area contributed by atoms with Gasteiger partial charge in [-0.15, -0.1) is 0 Å². The van der Waals surface area contributed by atoms with Crippen molar-refractivity contribution in [3.63, 3.8) is 0 Å². The molecule has 1 aliphatic carbocycles. The minimum Gasteiger partial charge on any atom is -0.336 e. The van der Waals surface area contributed by atoms with Crippen molar-refractivity contribution >= 4 is 24.4 Å². The van der Waals surface area contributed by atoms with Crippen molar-refractivity contribution in [1.29, 1.82) is 0 Å². The molecule has 0 N–H and O–H groups in total. The number of carbonyl (C=O) groups excluding carboxylic acids is 1. The molecule has 1 heterocycles. The minimum absolute atomic E-state index is 0.267. The van der Waals surface area contributed by atoms with Crippen molar-refractivity contribution in [3.05, 3.63) is 60.7 Å². The van der Waals surface area contributed by atoms with Crippen LogP contribution in [0.3, 0.4) is 0 Å². The second-order valence-electron chi connectivity index (χ2n) is 7.00. The van der Waals surface area contributed by atoms with E-state index < -0.39 is 7.92 Å². The molecule has 2 fully saturated rings. The summed E-state index contributed by atoms with van der Waals surface area (Å²) in [6, 6.07) is 22.7. The summed E-state index contributed by atoms with van der Waals surface area (Å²) < 4.78 is 0. The smallest absolute Gasteiger partial charge is 0.219 e. The second-order valence-corrected chi connectivity index (χ2v) is 9.26. The molecular formula is C21H24NOP. The van der Waals surface area contributed by atoms with Gasteiger partial charge in [0.2, 0.25) is 5.91 Å². The number of hydrogen-bond donors (Lipinski definition) is 0. The Morgan fingerprint density at radius 1 is 1.00 bits per heavy atom. The number of carbonyl (C=O) groups is 1. The number of piperidine rings is 1. The van der Waals surface area contributed by atoms with Gasteiger partial charge in [-0.2, -0.15) is 0 Å². The fourth-order valence-corrected chi connectivity index (χ4v) is 7.21. The first-order chi connectivity index (χ1) is 11.7. The lowest BCUT2D eigenvalue weighted by Gasteiger charge is -2.37. The SMILES string of the molecule is CC(=O)N1[C@H]2CC[C@H](C2)[C@@H]1CP(c1ccccc1)c1ccccc1. The molecule has 3 heteroatoms. The van der Waals surface area contributed by atoms with Gasteiger partial charge >= 0.3 is 0 Å². The molecule has 0 aromatic heterocycles. The van der Waals surface area contributed by atoms with E-state index in [0.717, 1.165) is 6.16 Å². The molecule has 0 unspecified atom stereocenters. The summed E-state index contributed by atoms with van der Waals surface area (Å²) in [5.74, 6) is 0.972. The fourth-order valence-electron chi connectivity index (χ4n) is 4.58. The molecule has 1 saturated heterocycles. The van der Waals surface area contributed by atoms with Gasteiger partial charge < -0.3 is 4.90 Å². The largest absolute Gasteiger partial charge is 0.336 e. The molecule has 4 rings (SSSR count). The molecule has 2 nitrogen and oxygen atoms in total. The Labute approximate surface area is 145 Å². The molecule has 1 saturated carbocycles. The summed E-state index contributed by atoms with van der Waals surface area (Å²) in [5, 5.41) is 2.84. The molecule has 124 valence electrons. The number of nitrogens with zero attached hydrogens (tertiary/aromatic N) is 1.